The average molecular weight is 372 g/mol. The Morgan fingerprint density at radius 3 is 1.50 bits per heavy atom. The molecule has 2 N–H and O–H groups in total. The predicted molar refractivity (Wildman–Crippen MR) is 52.7 cm³/mol. The Labute approximate surface area is 117 Å². The van der Waals surface area contributed by atoms with E-state index in [0.29, 0.717) is 13.8 Å². The van der Waals surface area contributed by atoms with E-state index >= 15 is 0 Å². The first-order valence-corrected chi connectivity index (χ1v) is 6.66. The average Bonchev–Trinajstić information content (AvgIpc) is 2.08. The lowest BCUT2D eigenvalue weighted by Crippen LogP contribution is -2.62. The third-order valence-corrected chi connectivity index (χ3v) is 2.96. The molecular formula is C8H10F9O4P. The van der Waals surface area contributed by atoms with Gasteiger partial charge in [-0.1, -0.05) is 0 Å². The molecule has 0 spiro atoms. The van der Waals surface area contributed by atoms with E-state index in [1.165, 1.54) is 0 Å². The van der Waals surface area contributed by atoms with Crippen LogP contribution < -0.4 is 0 Å². The van der Waals surface area contributed by atoms with E-state index in [-0.39, 0.29) is 0 Å². The lowest BCUT2D eigenvalue weighted by Gasteiger charge is -2.37. The van der Waals surface area contributed by atoms with Gasteiger partial charge in [-0.2, -0.15) is 39.5 Å². The van der Waals surface area contributed by atoms with Crippen LogP contribution in [0.4, 0.5) is 39.5 Å². The molecule has 22 heavy (non-hydrogen) atoms. The molecule has 134 valence electrons. The third-order valence-electron chi connectivity index (χ3n) is 2.22. The number of halogens is 9. The monoisotopic (exact) mass is 372 g/mol. The van der Waals surface area contributed by atoms with Crippen molar-refractivity contribution in [2.75, 3.05) is 0 Å². The standard InChI is InChI=1S/C8H10F9O4P/c1-4(2,21-22(18,19)20)3-5(9,10)6(11,12)7(13,14)8(15,16)17/h3H2,1-2H3,(H2,18,19,20). The molecule has 0 bridgehead atoms. The fraction of sp³-hybridized carbons (Fsp3) is 1.00. The van der Waals surface area contributed by atoms with Crippen LogP contribution in [-0.4, -0.2) is 39.3 Å². The number of rotatable bonds is 6. The van der Waals surface area contributed by atoms with Gasteiger partial charge in [0.05, 0.1) is 5.60 Å². The van der Waals surface area contributed by atoms with Crippen LogP contribution in [0.2, 0.25) is 0 Å². The van der Waals surface area contributed by atoms with Crippen molar-refractivity contribution in [1.29, 1.82) is 0 Å². The fourth-order valence-corrected chi connectivity index (χ4v) is 2.12. The van der Waals surface area contributed by atoms with Crippen LogP contribution in [0.3, 0.4) is 0 Å². The largest absolute Gasteiger partial charge is 0.470 e. The van der Waals surface area contributed by atoms with Crippen molar-refractivity contribution < 1.29 is 58.4 Å². The molecule has 0 saturated carbocycles. The zero-order valence-electron chi connectivity index (χ0n) is 10.8. The van der Waals surface area contributed by atoms with Gasteiger partial charge in [0.15, 0.2) is 0 Å². The summed E-state index contributed by atoms with van der Waals surface area (Å²) in [5.41, 5.74) is -2.83. The van der Waals surface area contributed by atoms with Gasteiger partial charge in [0, 0.05) is 6.42 Å². The maximum Gasteiger partial charge on any atom is 0.470 e. The molecule has 0 saturated heterocycles. The van der Waals surface area contributed by atoms with E-state index in [2.05, 4.69) is 4.52 Å². The van der Waals surface area contributed by atoms with Gasteiger partial charge in [0.1, 0.15) is 0 Å². The number of hydrogen-bond donors (Lipinski definition) is 2. The third kappa shape index (κ3) is 4.49. The van der Waals surface area contributed by atoms with Crippen LogP contribution in [0.5, 0.6) is 0 Å². The van der Waals surface area contributed by atoms with Crippen LogP contribution in [0, 0.1) is 0 Å². The van der Waals surface area contributed by atoms with Crippen molar-refractivity contribution in [2.45, 2.75) is 49.8 Å². The summed E-state index contributed by atoms with van der Waals surface area (Å²) in [6.45, 7) is 0.809. The van der Waals surface area contributed by atoms with E-state index < -0.39 is 43.8 Å². The van der Waals surface area contributed by atoms with Gasteiger partial charge in [-0.3, -0.25) is 4.52 Å². The summed E-state index contributed by atoms with van der Waals surface area (Å²) in [5, 5.41) is 0. The van der Waals surface area contributed by atoms with Crippen LogP contribution in [0.1, 0.15) is 20.3 Å². The van der Waals surface area contributed by atoms with Gasteiger partial charge in [0.2, 0.25) is 0 Å². The molecule has 0 amide bonds. The molecule has 0 fully saturated rings. The maximum absolute atomic E-state index is 13.2. The Hall–Kier alpha value is -0.520. The minimum atomic E-state index is -7.07. The Bertz CT molecular complexity index is 453. The molecule has 0 unspecified atom stereocenters. The zero-order valence-corrected chi connectivity index (χ0v) is 11.7. The molecule has 14 heteroatoms. The molecule has 0 atom stereocenters. The highest BCUT2D eigenvalue weighted by molar-refractivity contribution is 7.46. The van der Waals surface area contributed by atoms with Crippen molar-refractivity contribution in [1.82, 2.24) is 0 Å². The second kappa shape index (κ2) is 5.53. The number of hydrogen-bond acceptors (Lipinski definition) is 2. The van der Waals surface area contributed by atoms with Gasteiger partial charge in [-0.25, -0.2) is 4.57 Å². The van der Waals surface area contributed by atoms with Crippen LogP contribution in [0.25, 0.3) is 0 Å². The Morgan fingerprint density at radius 1 is 0.864 bits per heavy atom. The minimum Gasteiger partial charge on any atom is -0.303 e. The molecule has 0 rings (SSSR count). The van der Waals surface area contributed by atoms with Crippen molar-refractivity contribution in [3.05, 3.63) is 0 Å². The molecule has 0 heterocycles. The summed E-state index contributed by atoms with van der Waals surface area (Å²) >= 11 is 0. The zero-order chi connectivity index (χ0) is 18.4. The number of phosphoric ester groups is 1. The first kappa shape index (κ1) is 21.5. The smallest absolute Gasteiger partial charge is 0.303 e. The summed E-state index contributed by atoms with van der Waals surface area (Å²) < 4.78 is 127. The van der Waals surface area contributed by atoms with Gasteiger partial charge in [-0.15, -0.1) is 0 Å². The van der Waals surface area contributed by atoms with E-state index in [1.54, 1.807) is 0 Å². The lowest BCUT2D eigenvalue weighted by atomic mass is 9.93. The van der Waals surface area contributed by atoms with Crippen LogP contribution in [-0.2, 0) is 9.09 Å². The summed E-state index contributed by atoms with van der Waals surface area (Å²) in [4.78, 5) is 16.7. The van der Waals surface area contributed by atoms with E-state index in [1.807, 2.05) is 0 Å². The fourth-order valence-electron chi connectivity index (χ4n) is 1.41. The Balaban J connectivity index is 5.60. The summed E-state index contributed by atoms with van der Waals surface area (Å²) in [5.74, 6) is -19.9. The molecule has 0 aliphatic heterocycles. The van der Waals surface area contributed by atoms with E-state index in [0.717, 1.165) is 0 Å². The van der Waals surface area contributed by atoms with Gasteiger partial charge in [-0.05, 0) is 13.8 Å². The summed E-state index contributed by atoms with van der Waals surface area (Å²) in [7, 11) is -5.49. The molecule has 0 aliphatic carbocycles. The quantitative estimate of drug-likeness (QED) is 0.551. The summed E-state index contributed by atoms with van der Waals surface area (Å²) in [6, 6.07) is 0. The summed E-state index contributed by atoms with van der Waals surface area (Å²) in [6.07, 6.45) is -9.47. The van der Waals surface area contributed by atoms with Crippen molar-refractivity contribution in [3.8, 4) is 0 Å². The lowest BCUT2D eigenvalue weighted by molar-refractivity contribution is -0.399. The second-order valence-electron chi connectivity index (χ2n) is 4.87. The molecule has 0 aliphatic rings. The predicted octanol–water partition coefficient (Wildman–Crippen LogP) is 3.73. The molecule has 0 aromatic heterocycles. The molecule has 0 radical (unpaired) electrons. The topological polar surface area (TPSA) is 66.8 Å². The molecule has 4 nitrogen and oxygen atoms in total. The first-order valence-electron chi connectivity index (χ1n) is 5.13. The van der Waals surface area contributed by atoms with Crippen LogP contribution >= 0.6 is 7.82 Å². The molecule has 0 aromatic rings. The molecule has 0 aromatic carbocycles. The van der Waals surface area contributed by atoms with E-state index in [9.17, 15) is 44.1 Å². The van der Waals surface area contributed by atoms with Crippen molar-refractivity contribution in [2.24, 2.45) is 0 Å². The Kier molecular flexibility index (Phi) is 5.40. The van der Waals surface area contributed by atoms with E-state index in [4.69, 9.17) is 9.79 Å². The first-order chi connectivity index (χ1) is 9.16. The van der Waals surface area contributed by atoms with Crippen molar-refractivity contribution in [3.63, 3.8) is 0 Å². The SMILES string of the molecule is CC(C)(CC(F)(F)C(F)(F)C(F)(F)C(F)(F)F)OP(=O)(O)O. The van der Waals surface area contributed by atoms with Gasteiger partial charge in [0.25, 0.3) is 0 Å². The Morgan fingerprint density at radius 2 is 1.23 bits per heavy atom. The maximum atomic E-state index is 13.2. The highest BCUT2D eigenvalue weighted by atomic mass is 31.2. The van der Waals surface area contributed by atoms with Gasteiger partial charge < -0.3 is 9.79 Å². The second-order valence-corrected chi connectivity index (χ2v) is 6.03. The van der Waals surface area contributed by atoms with Crippen molar-refractivity contribution >= 4 is 7.82 Å². The van der Waals surface area contributed by atoms with Crippen LogP contribution in [0.15, 0.2) is 0 Å². The normalized spacial score (nSPS) is 16.0. The highest BCUT2D eigenvalue weighted by Gasteiger charge is 2.81. The number of phosphoric acid groups is 1. The highest BCUT2D eigenvalue weighted by Crippen LogP contribution is 2.56. The minimum absolute atomic E-state index is 0.405. The van der Waals surface area contributed by atoms with Gasteiger partial charge >= 0.3 is 31.8 Å². The number of alkyl halides is 9. The molecular weight excluding hydrogens is 362 g/mol.